The number of ketones is 1. The molecule has 140 valence electrons. The molecular formula is C22H24N2O3. The number of aromatic hydroxyl groups is 1. The van der Waals surface area contributed by atoms with E-state index in [-0.39, 0.29) is 17.3 Å². The highest BCUT2D eigenvalue weighted by atomic mass is 16.5. The summed E-state index contributed by atoms with van der Waals surface area (Å²) in [6.45, 7) is 6.67. The van der Waals surface area contributed by atoms with E-state index in [9.17, 15) is 9.90 Å². The second-order valence-electron chi connectivity index (χ2n) is 7.60. The van der Waals surface area contributed by atoms with Gasteiger partial charge in [0, 0.05) is 25.5 Å². The lowest BCUT2D eigenvalue weighted by atomic mass is 9.97. The highest BCUT2D eigenvalue weighted by Gasteiger charge is 2.34. The molecule has 1 unspecified atom stereocenters. The van der Waals surface area contributed by atoms with Crippen molar-refractivity contribution in [2.75, 3.05) is 13.1 Å². The molecule has 2 aliphatic rings. The maximum Gasteiger partial charge on any atom is 0.232 e. The molecule has 0 saturated carbocycles. The van der Waals surface area contributed by atoms with Crippen LogP contribution in [0.25, 0.3) is 6.08 Å². The number of fused-ring (bicyclic) bond motifs is 1. The van der Waals surface area contributed by atoms with Gasteiger partial charge in [0.25, 0.3) is 0 Å². The number of nitrogens with zero attached hydrogens (tertiary/aromatic N) is 2. The normalized spacial score (nSPS) is 21.3. The van der Waals surface area contributed by atoms with Gasteiger partial charge in [-0.15, -0.1) is 0 Å². The zero-order chi connectivity index (χ0) is 19.0. The molecule has 1 fully saturated rings. The van der Waals surface area contributed by atoms with Crippen LogP contribution in [0, 0.1) is 12.8 Å². The second-order valence-corrected chi connectivity index (χ2v) is 7.60. The van der Waals surface area contributed by atoms with Crippen molar-refractivity contribution in [3.8, 4) is 11.5 Å². The number of rotatable bonds is 3. The van der Waals surface area contributed by atoms with E-state index < -0.39 is 0 Å². The molecule has 2 aromatic rings. The molecule has 4 rings (SSSR count). The van der Waals surface area contributed by atoms with Crippen molar-refractivity contribution in [3.63, 3.8) is 0 Å². The van der Waals surface area contributed by atoms with Crippen LogP contribution < -0.4 is 4.74 Å². The predicted molar refractivity (Wildman–Crippen MR) is 104 cm³/mol. The number of pyridine rings is 1. The molecule has 1 aromatic carbocycles. The summed E-state index contributed by atoms with van der Waals surface area (Å²) in [6.07, 6.45) is 7.48. The summed E-state index contributed by atoms with van der Waals surface area (Å²) in [5.74, 6) is 1.48. The average Bonchev–Trinajstić information content (AvgIpc) is 2.96. The van der Waals surface area contributed by atoms with Gasteiger partial charge in [0.15, 0.2) is 5.76 Å². The van der Waals surface area contributed by atoms with Crippen LogP contribution in [-0.4, -0.2) is 33.9 Å². The minimum atomic E-state index is -0.139. The third-order valence-electron chi connectivity index (χ3n) is 5.33. The lowest BCUT2D eigenvalue weighted by molar-refractivity contribution is 0.101. The first-order valence-electron chi connectivity index (χ1n) is 9.45. The highest BCUT2D eigenvalue weighted by molar-refractivity contribution is 6.15. The molecule has 0 bridgehead atoms. The zero-order valence-electron chi connectivity index (χ0n) is 15.7. The van der Waals surface area contributed by atoms with E-state index in [4.69, 9.17) is 4.74 Å². The summed E-state index contributed by atoms with van der Waals surface area (Å²) >= 11 is 0. The van der Waals surface area contributed by atoms with Crippen molar-refractivity contribution in [2.24, 2.45) is 5.92 Å². The molecule has 1 aromatic heterocycles. The molecule has 1 saturated heterocycles. The number of benzene rings is 1. The Morgan fingerprint density at radius 1 is 1.44 bits per heavy atom. The zero-order valence-corrected chi connectivity index (χ0v) is 15.7. The Labute approximate surface area is 159 Å². The van der Waals surface area contributed by atoms with Gasteiger partial charge in [-0.05, 0) is 61.6 Å². The van der Waals surface area contributed by atoms with Gasteiger partial charge < -0.3 is 9.84 Å². The van der Waals surface area contributed by atoms with E-state index in [2.05, 4.69) is 16.8 Å². The molecule has 2 aliphatic heterocycles. The van der Waals surface area contributed by atoms with E-state index in [0.717, 1.165) is 30.6 Å². The van der Waals surface area contributed by atoms with Crippen molar-refractivity contribution in [2.45, 2.75) is 33.2 Å². The molecule has 5 heteroatoms. The summed E-state index contributed by atoms with van der Waals surface area (Å²) in [7, 11) is 0. The SMILES string of the molecule is Cc1cc(O)c(CN2CCCC(C)C2)c2c1C(=O)/C(=C\c1cccnc1)O2. The van der Waals surface area contributed by atoms with E-state index in [0.29, 0.717) is 29.3 Å². The number of aryl methyl sites for hydroxylation is 1. The summed E-state index contributed by atoms with van der Waals surface area (Å²) in [6, 6.07) is 5.37. The van der Waals surface area contributed by atoms with Gasteiger partial charge in [-0.25, -0.2) is 0 Å². The quantitative estimate of drug-likeness (QED) is 0.836. The Balaban J connectivity index is 1.69. The van der Waals surface area contributed by atoms with Crippen molar-refractivity contribution >= 4 is 11.9 Å². The number of aromatic nitrogens is 1. The van der Waals surface area contributed by atoms with Crippen molar-refractivity contribution in [1.82, 2.24) is 9.88 Å². The minimum Gasteiger partial charge on any atom is -0.507 e. The Morgan fingerprint density at radius 2 is 2.30 bits per heavy atom. The molecule has 1 N–H and O–H groups in total. The number of Topliss-reactive ketones (excluding diaryl/α,β-unsaturated/α-hetero) is 1. The molecule has 5 nitrogen and oxygen atoms in total. The Morgan fingerprint density at radius 3 is 3.04 bits per heavy atom. The Hall–Kier alpha value is -2.66. The topological polar surface area (TPSA) is 62.7 Å². The van der Waals surface area contributed by atoms with Gasteiger partial charge >= 0.3 is 0 Å². The lowest BCUT2D eigenvalue weighted by Gasteiger charge is -2.31. The first kappa shape index (κ1) is 17.7. The number of phenols is 1. The first-order valence-corrected chi connectivity index (χ1v) is 9.45. The molecule has 0 amide bonds. The summed E-state index contributed by atoms with van der Waals surface area (Å²) in [5, 5.41) is 10.6. The average molecular weight is 364 g/mol. The second kappa shape index (κ2) is 7.16. The number of hydrogen-bond donors (Lipinski definition) is 1. The van der Waals surface area contributed by atoms with Crippen LogP contribution in [-0.2, 0) is 6.54 Å². The third kappa shape index (κ3) is 3.47. The third-order valence-corrected chi connectivity index (χ3v) is 5.33. The van der Waals surface area contributed by atoms with E-state index >= 15 is 0 Å². The van der Waals surface area contributed by atoms with Crippen LogP contribution in [0.5, 0.6) is 11.5 Å². The summed E-state index contributed by atoms with van der Waals surface area (Å²) < 4.78 is 5.98. The van der Waals surface area contributed by atoms with Crippen LogP contribution in [0.2, 0.25) is 0 Å². The predicted octanol–water partition coefficient (Wildman–Crippen LogP) is 3.94. The highest BCUT2D eigenvalue weighted by Crippen LogP contribution is 2.42. The number of carbonyl (C=O) groups is 1. The summed E-state index contributed by atoms with van der Waals surface area (Å²) in [4.78, 5) is 19.3. The van der Waals surface area contributed by atoms with E-state index in [1.165, 1.54) is 6.42 Å². The molecule has 3 heterocycles. The van der Waals surface area contributed by atoms with Gasteiger partial charge in [-0.1, -0.05) is 13.0 Å². The number of allylic oxidation sites excluding steroid dienone is 1. The Kier molecular flexibility index (Phi) is 4.70. The minimum absolute atomic E-state index is 0.139. The molecule has 27 heavy (non-hydrogen) atoms. The number of carbonyl (C=O) groups excluding carboxylic acids is 1. The van der Waals surface area contributed by atoms with Gasteiger partial charge in [-0.2, -0.15) is 0 Å². The Bertz CT molecular complexity index is 906. The van der Waals surface area contributed by atoms with Crippen LogP contribution in [0.4, 0.5) is 0 Å². The van der Waals surface area contributed by atoms with Gasteiger partial charge in [0.05, 0.1) is 11.1 Å². The van der Waals surface area contributed by atoms with Crippen molar-refractivity contribution < 1.29 is 14.6 Å². The fraction of sp³-hybridized carbons (Fsp3) is 0.364. The number of likely N-dealkylation sites (tertiary alicyclic amines) is 1. The van der Waals surface area contributed by atoms with Crippen LogP contribution in [0.3, 0.4) is 0 Å². The molecular weight excluding hydrogens is 340 g/mol. The first-order chi connectivity index (χ1) is 13.0. The largest absolute Gasteiger partial charge is 0.507 e. The number of ether oxygens (including phenoxy) is 1. The van der Waals surface area contributed by atoms with Crippen LogP contribution in [0.15, 0.2) is 36.4 Å². The van der Waals surface area contributed by atoms with Gasteiger partial charge in [0.1, 0.15) is 11.5 Å². The number of phenolic OH excluding ortho intramolecular Hbond substituents is 1. The smallest absolute Gasteiger partial charge is 0.232 e. The van der Waals surface area contributed by atoms with Crippen molar-refractivity contribution in [1.29, 1.82) is 0 Å². The fourth-order valence-electron chi connectivity index (χ4n) is 4.00. The van der Waals surface area contributed by atoms with E-state index in [1.807, 2.05) is 19.1 Å². The number of piperidine rings is 1. The lowest BCUT2D eigenvalue weighted by Crippen LogP contribution is -2.33. The molecule has 0 aliphatic carbocycles. The number of hydrogen-bond acceptors (Lipinski definition) is 5. The van der Waals surface area contributed by atoms with Gasteiger partial charge in [0.2, 0.25) is 5.78 Å². The molecule has 0 spiro atoms. The summed E-state index contributed by atoms with van der Waals surface area (Å²) in [5.41, 5.74) is 2.80. The maximum atomic E-state index is 12.9. The van der Waals surface area contributed by atoms with Crippen LogP contribution in [0.1, 0.15) is 46.8 Å². The maximum absolute atomic E-state index is 12.9. The van der Waals surface area contributed by atoms with Crippen LogP contribution >= 0.6 is 0 Å². The molecule has 0 radical (unpaired) electrons. The van der Waals surface area contributed by atoms with E-state index in [1.54, 1.807) is 24.5 Å². The van der Waals surface area contributed by atoms with Crippen molar-refractivity contribution in [3.05, 3.63) is 58.6 Å². The van der Waals surface area contributed by atoms with Gasteiger partial charge in [-0.3, -0.25) is 14.7 Å². The fourth-order valence-corrected chi connectivity index (χ4v) is 4.00. The standard InChI is InChI=1S/C22H24N2O3/c1-14-5-4-8-24(12-14)13-17-18(25)9-15(2)20-21(26)19(27-22(17)20)10-16-6-3-7-23-11-16/h3,6-7,9-11,14,25H,4-5,8,12-13H2,1-2H3/b19-10+. The monoisotopic (exact) mass is 364 g/mol. The molecule has 1 atom stereocenters.